The third-order valence-electron chi connectivity index (χ3n) is 3.31. The van der Waals surface area contributed by atoms with Crippen LogP contribution >= 0.6 is 0 Å². The highest BCUT2D eigenvalue weighted by Crippen LogP contribution is 2.38. The van der Waals surface area contributed by atoms with E-state index in [0.29, 0.717) is 6.10 Å². The highest BCUT2D eigenvalue weighted by atomic mass is 16.6. The first-order valence-electron chi connectivity index (χ1n) is 6.34. The summed E-state index contributed by atoms with van der Waals surface area (Å²) in [5, 5.41) is 8.49. The van der Waals surface area contributed by atoms with Gasteiger partial charge >= 0.3 is 0 Å². The van der Waals surface area contributed by atoms with Gasteiger partial charge in [0.15, 0.2) is 0 Å². The lowest BCUT2D eigenvalue weighted by molar-refractivity contribution is 0.320. The Hall–Kier alpha value is -1.07. The SMILES string of the molecule is C/C(=C\C#N)CC/C=C(\C)CCC1OC1(C)C. The summed E-state index contributed by atoms with van der Waals surface area (Å²) >= 11 is 0. The molecule has 0 amide bonds. The molecule has 0 saturated carbocycles. The monoisotopic (exact) mass is 233 g/mol. The third kappa shape index (κ3) is 5.19. The minimum Gasteiger partial charge on any atom is -0.367 e. The van der Waals surface area contributed by atoms with E-state index in [9.17, 15) is 0 Å². The molecule has 2 nitrogen and oxygen atoms in total. The molecule has 0 N–H and O–H groups in total. The zero-order valence-electron chi connectivity index (χ0n) is 11.4. The molecule has 0 bridgehead atoms. The zero-order chi connectivity index (χ0) is 12.9. The van der Waals surface area contributed by atoms with Crippen LogP contribution in [0.3, 0.4) is 0 Å². The molecule has 0 spiro atoms. The number of ether oxygens (including phenoxy) is 1. The fraction of sp³-hybridized carbons (Fsp3) is 0.667. The van der Waals surface area contributed by atoms with Crippen molar-refractivity contribution in [2.45, 2.75) is 65.1 Å². The Labute approximate surface area is 105 Å². The van der Waals surface area contributed by atoms with E-state index in [1.54, 1.807) is 6.08 Å². The van der Waals surface area contributed by atoms with Gasteiger partial charge in [0, 0.05) is 6.08 Å². The van der Waals surface area contributed by atoms with Crippen LogP contribution in [0.1, 0.15) is 53.4 Å². The van der Waals surface area contributed by atoms with Crippen LogP contribution in [0.5, 0.6) is 0 Å². The Morgan fingerprint density at radius 1 is 1.29 bits per heavy atom. The van der Waals surface area contributed by atoms with Crippen molar-refractivity contribution in [2.24, 2.45) is 0 Å². The smallest absolute Gasteiger partial charge is 0.0911 e. The highest BCUT2D eigenvalue weighted by Gasteiger charge is 2.46. The molecule has 1 unspecified atom stereocenters. The summed E-state index contributed by atoms with van der Waals surface area (Å²) in [4.78, 5) is 0. The second-order valence-corrected chi connectivity index (χ2v) is 5.46. The van der Waals surface area contributed by atoms with Crippen LogP contribution in [0.4, 0.5) is 0 Å². The summed E-state index contributed by atoms with van der Waals surface area (Å²) in [7, 11) is 0. The van der Waals surface area contributed by atoms with Crippen molar-refractivity contribution < 1.29 is 4.74 Å². The topological polar surface area (TPSA) is 36.3 Å². The minimum absolute atomic E-state index is 0.117. The Morgan fingerprint density at radius 3 is 2.47 bits per heavy atom. The first kappa shape index (κ1) is 14.0. The second-order valence-electron chi connectivity index (χ2n) is 5.46. The maximum absolute atomic E-state index is 8.49. The molecular formula is C15H23NO. The van der Waals surface area contributed by atoms with Gasteiger partial charge in [0.25, 0.3) is 0 Å². The summed E-state index contributed by atoms with van der Waals surface area (Å²) in [6.45, 7) is 8.48. The highest BCUT2D eigenvalue weighted by molar-refractivity contribution is 5.12. The largest absolute Gasteiger partial charge is 0.367 e. The molecule has 0 aromatic heterocycles. The van der Waals surface area contributed by atoms with Gasteiger partial charge in [-0.3, -0.25) is 0 Å². The van der Waals surface area contributed by atoms with Crippen LogP contribution in [0.2, 0.25) is 0 Å². The predicted octanol–water partition coefficient (Wildman–Crippen LogP) is 4.14. The summed E-state index contributed by atoms with van der Waals surface area (Å²) < 4.78 is 5.56. The number of allylic oxidation sites excluding steroid dienone is 4. The lowest BCUT2D eigenvalue weighted by Gasteiger charge is -2.01. The van der Waals surface area contributed by atoms with Gasteiger partial charge in [0.1, 0.15) is 0 Å². The summed E-state index contributed by atoms with van der Waals surface area (Å²) in [6.07, 6.45) is 8.62. The van der Waals surface area contributed by atoms with Crippen LogP contribution in [0.25, 0.3) is 0 Å². The van der Waals surface area contributed by atoms with E-state index in [4.69, 9.17) is 10.00 Å². The zero-order valence-corrected chi connectivity index (χ0v) is 11.4. The van der Waals surface area contributed by atoms with Gasteiger partial charge in [-0.15, -0.1) is 0 Å². The van der Waals surface area contributed by atoms with E-state index >= 15 is 0 Å². The molecule has 1 rings (SSSR count). The molecule has 0 radical (unpaired) electrons. The van der Waals surface area contributed by atoms with Crippen LogP contribution in [-0.2, 0) is 4.74 Å². The van der Waals surface area contributed by atoms with Gasteiger partial charge in [-0.2, -0.15) is 5.26 Å². The van der Waals surface area contributed by atoms with E-state index in [-0.39, 0.29) is 5.60 Å². The summed E-state index contributed by atoms with van der Waals surface area (Å²) in [5.74, 6) is 0. The molecule has 0 aliphatic carbocycles. The molecule has 1 heterocycles. The molecule has 94 valence electrons. The first-order chi connectivity index (χ1) is 7.95. The molecule has 17 heavy (non-hydrogen) atoms. The van der Waals surface area contributed by atoms with Crippen LogP contribution in [0.15, 0.2) is 23.3 Å². The van der Waals surface area contributed by atoms with Crippen LogP contribution in [0, 0.1) is 11.3 Å². The van der Waals surface area contributed by atoms with Gasteiger partial charge in [0.05, 0.1) is 17.8 Å². The van der Waals surface area contributed by atoms with E-state index < -0.39 is 0 Å². The Bertz CT molecular complexity index is 358. The average Bonchev–Trinajstić information content (AvgIpc) is 2.84. The van der Waals surface area contributed by atoms with Crippen molar-refractivity contribution in [3.05, 3.63) is 23.3 Å². The Balaban J connectivity index is 2.17. The van der Waals surface area contributed by atoms with E-state index in [0.717, 1.165) is 31.3 Å². The third-order valence-corrected chi connectivity index (χ3v) is 3.31. The Kier molecular flexibility index (Phi) is 4.96. The molecule has 1 fully saturated rings. The van der Waals surface area contributed by atoms with E-state index in [2.05, 4.69) is 32.9 Å². The first-order valence-corrected chi connectivity index (χ1v) is 6.34. The maximum atomic E-state index is 8.49. The lowest BCUT2D eigenvalue weighted by Crippen LogP contribution is -2.02. The van der Waals surface area contributed by atoms with Crippen molar-refractivity contribution in [3.63, 3.8) is 0 Å². The van der Waals surface area contributed by atoms with Crippen molar-refractivity contribution >= 4 is 0 Å². The number of nitriles is 1. The van der Waals surface area contributed by atoms with Crippen LogP contribution in [-0.4, -0.2) is 11.7 Å². The van der Waals surface area contributed by atoms with Crippen molar-refractivity contribution in [1.82, 2.24) is 0 Å². The number of hydrogen-bond donors (Lipinski definition) is 0. The molecule has 1 aliphatic rings. The van der Waals surface area contributed by atoms with Crippen LogP contribution < -0.4 is 0 Å². The second kappa shape index (κ2) is 6.02. The van der Waals surface area contributed by atoms with Crippen molar-refractivity contribution in [3.8, 4) is 6.07 Å². The molecule has 1 atom stereocenters. The van der Waals surface area contributed by atoms with Gasteiger partial charge in [0.2, 0.25) is 0 Å². The predicted molar refractivity (Wildman–Crippen MR) is 70.5 cm³/mol. The van der Waals surface area contributed by atoms with Gasteiger partial charge < -0.3 is 4.74 Å². The molecule has 2 heteroatoms. The van der Waals surface area contributed by atoms with E-state index in [1.165, 1.54) is 5.57 Å². The maximum Gasteiger partial charge on any atom is 0.0911 e. The summed E-state index contributed by atoms with van der Waals surface area (Å²) in [6, 6.07) is 2.06. The number of rotatable bonds is 6. The minimum atomic E-state index is 0.117. The number of nitrogens with zero attached hydrogens (tertiary/aromatic N) is 1. The molecule has 0 aromatic carbocycles. The molecule has 1 aliphatic heterocycles. The van der Waals surface area contributed by atoms with E-state index in [1.807, 2.05) is 6.92 Å². The summed E-state index contributed by atoms with van der Waals surface area (Å²) in [5.41, 5.74) is 2.70. The van der Waals surface area contributed by atoms with Crippen molar-refractivity contribution in [1.29, 1.82) is 5.26 Å². The fourth-order valence-corrected chi connectivity index (χ4v) is 1.93. The van der Waals surface area contributed by atoms with Gasteiger partial charge in [-0.25, -0.2) is 0 Å². The molecule has 0 aromatic rings. The van der Waals surface area contributed by atoms with Gasteiger partial charge in [-0.1, -0.05) is 17.2 Å². The molecule has 1 saturated heterocycles. The normalized spacial score (nSPS) is 23.4. The number of epoxide rings is 1. The van der Waals surface area contributed by atoms with Crippen molar-refractivity contribution in [2.75, 3.05) is 0 Å². The van der Waals surface area contributed by atoms with Gasteiger partial charge in [-0.05, 0) is 53.4 Å². The lowest BCUT2D eigenvalue weighted by atomic mass is 10.0. The number of hydrogen-bond acceptors (Lipinski definition) is 2. The standard InChI is InChI=1S/C15H23NO/c1-12(6-5-7-13(2)10-11-16)8-9-14-15(3,4)17-14/h6,10,14H,5,7-9H2,1-4H3/b12-6+,13-10+. The average molecular weight is 233 g/mol. The Morgan fingerprint density at radius 2 is 1.94 bits per heavy atom. The fourth-order valence-electron chi connectivity index (χ4n) is 1.93. The molecular weight excluding hydrogens is 210 g/mol. The quantitative estimate of drug-likeness (QED) is 0.393.